The summed E-state index contributed by atoms with van der Waals surface area (Å²) in [5.41, 5.74) is 1.87. The van der Waals surface area contributed by atoms with E-state index >= 15 is 0 Å². The highest BCUT2D eigenvalue weighted by atomic mass is 127. The number of rotatable bonds is 7. The summed E-state index contributed by atoms with van der Waals surface area (Å²) in [5, 5.41) is 0. The van der Waals surface area contributed by atoms with E-state index < -0.39 is 0 Å². The van der Waals surface area contributed by atoms with Crippen molar-refractivity contribution in [1.29, 1.82) is 0 Å². The minimum atomic E-state index is 0.275. The molecule has 4 nitrogen and oxygen atoms in total. The van der Waals surface area contributed by atoms with Crippen LogP contribution < -0.4 is 14.2 Å². The quantitative estimate of drug-likeness (QED) is 0.515. The van der Waals surface area contributed by atoms with Crippen LogP contribution in [-0.4, -0.2) is 20.5 Å². The van der Waals surface area contributed by atoms with Crippen molar-refractivity contribution in [3.05, 3.63) is 51.1 Å². The van der Waals surface area contributed by atoms with Gasteiger partial charge in [0, 0.05) is 15.6 Å². The predicted octanol–water partition coefficient (Wildman–Crippen LogP) is 3.63. The summed E-state index contributed by atoms with van der Waals surface area (Å²) >= 11 is 2.17. The highest BCUT2D eigenvalue weighted by Crippen LogP contribution is 2.42. The molecule has 0 heterocycles. The second-order valence-corrected chi connectivity index (χ2v) is 5.71. The Kier molecular flexibility index (Phi) is 6.06. The summed E-state index contributed by atoms with van der Waals surface area (Å²) in [7, 11) is 3.12. The maximum absolute atomic E-state index is 10.9. The van der Waals surface area contributed by atoms with Gasteiger partial charge in [-0.05, 0) is 34.2 Å². The molecule has 0 N–H and O–H groups in total. The molecule has 0 saturated carbocycles. The molecule has 0 unspecified atom stereocenters. The summed E-state index contributed by atoms with van der Waals surface area (Å²) in [6.45, 7) is 0.434. The first-order chi connectivity index (χ1) is 10.7. The molecule has 0 aliphatic carbocycles. The second-order valence-electron chi connectivity index (χ2n) is 4.55. The molecule has 0 aliphatic rings. The van der Waals surface area contributed by atoms with Crippen molar-refractivity contribution in [2.24, 2.45) is 0 Å². The Hall–Kier alpha value is -1.76. The van der Waals surface area contributed by atoms with Crippen LogP contribution in [0.2, 0.25) is 0 Å². The zero-order chi connectivity index (χ0) is 15.9. The molecule has 22 heavy (non-hydrogen) atoms. The molecule has 0 radical (unpaired) electrons. The molecule has 2 rings (SSSR count). The van der Waals surface area contributed by atoms with Crippen molar-refractivity contribution < 1.29 is 19.0 Å². The highest BCUT2D eigenvalue weighted by Gasteiger charge is 2.19. The minimum absolute atomic E-state index is 0.275. The van der Waals surface area contributed by atoms with Gasteiger partial charge in [-0.1, -0.05) is 30.3 Å². The normalized spacial score (nSPS) is 10.1. The maximum atomic E-state index is 10.9. The third-order valence-electron chi connectivity index (χ3n) is 3.18. The number of hydrogen-bond donors (Lipinski definition) is 0. The van der Waals surface area contributed by atoms with Gasteiger partial charge in [-0.15, -0.1) is 0 Å². The largest absolute Gasteiger partial charge is 0.492 e. The Bertz CT molecular complexity index is 641. The highest BCUT2D eigenvalue weighted by molar-refractivity contribution is 14.1. The molecule has 0 aliphatic heterocycles. The molecule has 116 valence electrons. The van der Waals surface area contributed by atoms with E-state index in [1.165, 1.54) is 0 Å². The van der Waals surface area contributed by atoms with Gasteiger partial charge in [0.15, 0.2) is 11.5 Å². The van der Waals surface area contributed by atoms with Crippen LogP contribution in [0.4, 0.5) is 0 Å². The molecule has 2 aromatic carbocycles. The third kappa shape index (κ3) is 3.71. The van der Waals surface area contributed by atoms with Crippen molar-refractivity contribution in [3.63, 3.8) is 0 Å². The summed E-state index contributed by atoms with van der Waals surface area (Å²) < 4.78 is 17.6. The lowest BCUT2D eigenvalue weighted by Crippen LogP contribution is -2.04. The van der Waals surface area contributed by atoms with Gasteiger partial charge in [0.05, 0.1) is 14.2 Å². The van der Waals surface area contributed by atoms with Crippen molar-refractivity contribution in [3.8, 4) is 17.2 Å². The van der Waals surface area contributed by atoms with E-state index in [4.69, 9.17) is 14.2 Å². The zero-order valence-corrected chi connectivity index (χ0v) is 14.6. The van der Waals surface area contributed by atoms with Gasteiger partial charge in [0.25, 0.3) is 0 Å². The molecule has 0 amide bonds. The molecule has 5 heteroatoms. The fourth-order valence-electron chi connectivity index (χ4n) is 2.15. The van der Waals surface area contributed by atoms with Crippen molar-refractivity contribution in [2.75, 3.05) is 14.2 Å². The van der Waals surface area contributed by atoms with Crippen LogP contribution in [0.1, 0.15) is 11.1 Å². The third-order valence-corrected chi connectivity index (χ3v) is 4.15. The lowest BCUT2D eigenvalue weighted by molar-refractivity contribution is -0.107. The van der Waals surface area contributed by atoms with E-state index in [9.17, 15) is 4.79 Å². The number of carbonyl (C=O) groups excluding carboxylic acids is 1. The van der Waals surface area contributed by atoms with E-state index in [-0.39, 0.29) is 6.42 Å². The Morgan fingerprint density at radius 1 is 1.09 bits per heavy atom. The van der Waals surface area contributed by atoms with Crippen LogP contribution >= 0.6 is 22.6 Å². The van der Waals surface area contributed by atoms with E-state index in [0.29, 0.717) is 23.9 Å². The molecule has 0 atom stereocenters. The average molecular weight is 412 g/mol. The number of ether oxygens (including phenoxy) is 3. The maximum Gasteiger partial charge on any atom is 0.203 e. The number of methoxy groups -OCH3 is 2. The van der Waals surface area contributed by atoms with E-state index in [1.54, 1.807) is 14.2 Å². The van der Waals surface area contributed by atoms with Crippen LogP contribution in [-0.2, 0) is 17.8 Å². The summed E-state index contributed by atoms with van der Waals surface area (Å²) in [6.07, 6.45) is 1.13. The Morgan fingerprint density at radius 3 is 2.36 bits per heavy atom. The van der Waals surface area contributed by atoms with E-state index in [2.05, 4.69) is 22.6 Å². The summed E-state index contributed by atoms with van der Waals surface area (Å²) in [6, 6.07) is 11.7. The SMILES string of the molecule is COc1c(OCc2ccccc2)cc(I)c(CC=O)c1OC. The van der Waals surface area contributed by atoms with Crippen LogP contribution in [0.25, 0.3) is 0 Å². The predicted molar refractivity (Wildman–Crippen MR) is 92.8 cm³/mol. The molecular formula is C17H17IO4. The minimum Gasteiger partial charge on any atom is -0.492 e. The Morgan fingerprint density at radius 2 is 1.77 bits per heavy atom. The van der Waals surface area contributed by atoms with Crippen LogP contribution in [0, 0.1) is 3.57 Å². The fraction of sp³-hybridized carbons (Fsp3) is 0.235. The van der Waals surface area contributed by atoms with E-state index in [1.807, 2.05) is 36.4 Å². The topological polar surface area (TPSA) is 44.8 Å². The van der Waals surface area contributed by atoms with Gasteiger partial charge >= 0.3 is 0 Å². The molecular weight excluding hydrogens is 395 g/mol. The second kappa shape index (κ2) is 8.03. The lowest BCUT2D eigenvalue weighted by atomic mass is 10.1. The van der Waals surface area contributed by atoms with Gasteiger partial charge < -0.3 is 19.0 Å². The number of benzene rings is 2. The molecule has 0 spiro atoms. The first kappa shape index (κ1) is 16.6. The molecule has 0 aromatic heterocycles. The number of aldehydes is 1. The summed E-state index contributed by atoms with van der Waals surface area (Å²) in [5.74, 6) is 1.66. The number of carbonyl (C=O) groups is 1. The average Bonchev–Trinajstić information content (AvgIpc) is 2.55. The van der Waals surface area contributed by atoms with Crippen LogP contribution in [0.3, 0.4) is 0 Å². The van der Waals surface area contributed by atoms with E-state index in [0.717, 1.165) is 21.0 Å². The van der Waals surface area contributed by atoms with Crippen molar-refractivity contribution in [2.45, 2.75) is 13.0 Å². The van der Waals surface area contributed by atoms with Gasteiger partial charge in [-0.2, -0.15) is 0 Å². The first-order valence-electron chi connectivity index (χ1n) is 6.75. The van der Waals surface area contributed by atoms with Gasteiger partial charge in [0.1, 0.15) is 12.9 Å². The molecule has 0 bridgehead atoms. The van der Waals surface area contributed by atoms with Crippen molar-refractivity contribution in [1.82, 2.24) is 0 Å². The van der Waals surface area contributed by atoms with Crippen LogP contribution in [0.15, 0.2) is 36.4 Å². The number of hydrogen-bond acceptors (Lipinski definition) is 4. The molecule has 0 saturated heterocycles. The van der Waals surface area contributed by atoms with Gasteiger partial charge in [-0.3, -0.25) is 0 Å². The molecule has 0 fully saturated rings. The van der Waals surface area contributed by atoms with Gasteiger partial charge in [-0.25, -0.2) is 0 Å². The first-order valence-corrected chi connectivity index (χ1v) is 7.82. The number of halogens is 1. The molecule has 2 aromatic rings. The van der Waals surface area contributed by atoms with Gasteiger partial charge in [0.2, 0.25) is 5.75 Å². The fourth-order valence-corrected chi connectivity index (χ4v) is 2.90. The Balaban J connectivity index is 2.34. The summed E-state index contributed by atoms with van der Waals surface area (Å²) in [4.78, 5) is 10.9. The zero-order valence-electron chi connectivity index (χ0n) is 12.5. The lowest BCUT2D eigenvalue weighted by Gasteiger charge is -2.17. The standard InChI is InChI=1S/C17H17IO4/c1-20-16-13(8-9-19)14(18)10-15(17(16)21-2)22-11-12-6-4-3-5-7-12/h3-7,9-10H,8,11H2,1-2H3. The Labute approximate surface area is 143 Å². The van der Waals surface area contributed by atoms with Crippen molar-refractivity contribution >= 4 is 28.9 Å². The monoisotopic (exact) mass is 412 g/mol. The smallest absolute Gasteiger partial charge is 0.203 e. The van der Waals surface area contributed by atoms with Crippen LogP contribution in [0.5, 0.6) is 17.2 Å².